The minimum absolute atomic E-state index is 0.166. The van der Waals surface area contributed by atoms with Gasteiger partial charge in [0.1, 0.15) is 5.60 Å². The Hall–Kier alpha value is -4.38. The Balaban J connectivity index is 1.40. The fourth-order valence-electron chi connectivity index (χ4n) is 5.54. The van der Waals surface area contributed by atoms with Crippen LogP contribution in [0.25, 0.3) is 11.3 Å². The second-order valence-electron chi connectivity index (χ2n) is 12.3. The molecule has 0 fully saturated rings. The van der Waals surface area contributed by atoms with Crippen molar-refractivity contribution in [1.29, 1.82) is 0 Å². The fourth-order valence-corrected chi connectivity index (χ4v) is 5.81. The molecule has 0 bridgehead atoms. The van der Waals surface area contributed by atoms with Crippen LogP contribution in [-0.2, 0) is 25.6 Å². The van der Waals surface area contributed by atoms with Gasteiger partial charge in [0, 0.05) is 47.6 Å². The summed E-state index contributed by atoms with van der Waals surface area (Å²) in [5.41, 5.74) is 4.03. The molecule has 2 heterocycles. The minimum atomic E-state index is -0.650. The van der Waals surface area contributed by atoms with Crippen molar-refractivity contribution >= 4 is 39.8 Å². The molecule has 1 unspecified atom stereocenters. The number of amides is 3. The van der Waals surface area contributed by atoms with Gasteiger partial charge in [-0.15, -0.1) is 0 Å². The van der Waals surface area contributed by atoms with E-state index >= 15 is 0 Å². The molecule has 2 N–H and O–H groups in total. The first-order chi connectivity index (χ1) is 22.3. The monoisotopic (exact) mass is 706 g/mol. The van der Waals surface area contributed by atoms with Crippen LogP contribution >= 0.6 is 15.9 Å². The van der Waals surface area contributed by atoms with Crippen molar-refractivity contribution in [3.05, 3.63) is 93.2 Å². The number of benzene rings is 2. The van der Waals surface area contributed by atoms with Crippen molar-refractivity contribution in [2.75, 3.05) is 19.7 Å². The van der Waals surface area contributed by atoms with Crippen LogP contribution in [0, 0.1) is 6.92 Å². The van der Waals surface area contributed by atoms with Gasteiger partial charge in [-0.3, -0.25) is 9.69 Å². The van der Waals surface area contributed by atoms with E-state index < -0.39 is 23.6 Å². The number of carbonyl (C=O) groups excluding carboxylic acids is 4. The first-order valence-electron chi connectivity index (χ1n) is 15.8. The third-order valence-corrected chi connectivity index (χ3v) is 8.32. The smallest absolute Gasteiger partial charge is 0.340 e. The summed E-state index contributed by atoms with van der Waals surface area (Å²) in [7, 11) is 0. The highest BCUT2D eigenvalue weighted by Crippen LogP contribution is 2.32. The van der Waals surface area contributed by atoms with E-state index in [1.807, 2.05) is 92.9 Å². The fraction of sp³-hybridized carbons (Fsp3) is 0.389. The molecular weight excluding hydrogens is 664 g/mol. The van der Waals surface area contributed by atoms with Gasteiger partial charge in [-0.2, -0.15) is 0 Å². The number of nitrogens with zero attached hydrogens (tertiary/aromatic N) is 2. The third kappa shape index (κ3) is 8.91. The lowest BCUT2D eigenvalue weighted by molar-refractivity contribution is -0.139. The summed E-state index contributed by atoms with van der Waals surface area (Å²) in [6.45, 7) is 12.1. The maximum atomic E-state index is 13.2. The Morgan fingerprint density at radius 2 is 1.66 bits per heavy atom. The second-order valence-corrected chi connectivity index (χ2v) is 13.2. The Morgan fingerprint density at radius 3 is 2.30 bits per heavy atom. The summed E-state index contributed by atoms with van der Waals surface area (Å²) >= 11 is 3.42. The molecule has 250 valence electrons. The molecule has 0 aliphatic carbocycles. The number of esters is 2. The summed E-state index contributed by atoms with van der Waals surface area (Å²) in [5.74, 6) is -1.05. The van der Waals surface area contributed by atoms with Crippen LogP contribution in [0.4, 0.5) is 4.79 Å². The van der Waals surface area contributed by atoms with Gasteiger partial charge in [-0.1, -0.05) is 58.4 Å². The van der Waals surface area contributed by atoms with E-state index in [-0.39, 0.29) is 31.5 Å². The zero-order chi connectivity index (χ0) is 34.3. The van der Waals surface area contributed by atoms with Crippen LogP contribution < -0.4 is 10.6 Å². The Bertz CT molecular complexity index is 1640. The molecule has 1 aliphatic heterocycles. The lowest BCUT2D eigenvalue weighted by Crippen LogP contribution is -2.48. The minimum Gasteiger partial charge on any atom is -0.463 e. The first-order valence-corrected chi connectivity index (χ1v) is 16.6. The lowest BCUT2D eigenvalue weighted by atomic mass is 9.95. The van der Waals surface area contributed by atoms with Gasteiger partial charge in [0.25, 0.3) is 0 Å². The van der Waals surface area contributed by atoms with Crippen molar-refractivity contribution in [3.63, 3.8) is 0 Å². The quantitative estimate of drug-likeness (QED) is 0.203. The Morgan fingerprint density at radius 1 is 0.979 bits per heavy atom. The maximum absolute atomic E-state index is 13.2. The van der Waals surface area contributed by atoms with E-state index in [0.717, 1.165) is 27.0 Å². The van der Waals surface area contributed by atoms with E-state index in [1.54, 1.807) is 13.8 Å². The van der Waals surface area contributed by atoms with Crippen LogP contribution in [0.5, 0.6) is 0 Å². The number of hydrogen-bond acceptors (Lipinski definition) is 6. The Labute approximate surface area is 284 Å². The number of allylic oxidation sites excluding steroid dienone is 1. The average molecular weight is 708 g/mol. The van der Waals surface area contributed by atoms with Crippen LogP contribution in [0.15, 0.2) is 76.4 Å². The SMILES string of the molecule is CCOC(=O)C1=C(C)N(CCCC(=O)NCCn2c(-c3ccccc3)cc(C(=O)OC(C)(C)C)c2C)C(=O)NC1c1ccc(Br)cc1. The predicted molar refractivity (Wildman–Crippen MR) is 183 cm³/mol. The molecule has 4 rings (SSSR count). The molecule has 3 amide bonds. The lowest BCUT2D eigenvalue weighted by Gasteiger charge is -2.35. The zero-order valence-electron chi connectivity index (χ0n) is 27.8. The predicted octanol–water partition coefficient (Wildman–Crippen LogP) is 6.68. The summed E-state index contributed by atoms with van der Waals surface area (Å²) in [6, 6.07) is 18.0. The van der Waals surface area contributed by atoms with E-state index in [1.165, 1.54) is 4.90 Å². The summed E-state index contributed by atoms with van der Waals surface area (Å²) < 4.78 is 13.9. The largest absolute Gasteiger partial charge is 0.463 e. The van der Waals surface area contributed by atoms with Crippen molar-refractivity contribution < 1.29 is 28.7 Å². The molecule has 1 atom stereocenters. The van der Waals surface area contributed by atoms with Gasteiger partial charge in [-0.05, 0) is 77.3 Å². The average Bonchev–Trinajstić information content (AvgIpc) is 3.34. The zero-order valence-corrected chi connectivity index (χ0v) is 29.4. The highest BCUT2D eigenvalue weighted by atomic mass is 79.9. The number of nitrogens with one attached hydrogen (secondary N) is 2. The van der Waals surface area contributed by atoms with E-state index in [0.29, 0.717) is 36.3 Å². The first kappa shape index (κ1) is 35.5. The molecule has 11 heteroatoms. The number of halogens is 1. The third-order valence-electron chi connectivity index (χ3n) is 7.79. The van der Waals surface area contributed by atoms with Crippen molar-refractivity contribution in [3.8, 4) is 11.3 Å². The molecule has 2 aromatic carbocycles. The molecule has 0 saturated carbocycles. The standard InChI is InChI=1S/C36H43BrN4O6/c1-7-46-34(44)31-24(3)41(35(45)39-32(31)26-15-17-27(37)18-16-26)20-11-14-30(42)38-19-21-40-23(2)28(33(43)47-36(4,5)6)22-29(40)25-12-9-8-10-13-25/h8-10,12-13,15-18,22,32H,7,11,14,19-21H2,1-6H3,(H,38,42)(H,39,45). The van der Waals surface area contributed by atoms with E-state index in [2.05, 4.69) is 26.6 Å². The van der Waals surface area contributed by atoms with E-state index in [4.69, 9.17) is 9.47 Å². The normalized spacial score (nSPS) is 14.9. The number of carbonyl (C=O) groups is 4. The number of ether oxygens (including phenoxy) is 2. The highest BCUT2D eigenvalue weighted by Gasteiger charge is 2.36. The van der Waals surface area contributed by atoms with Crippen molar-refractivity contribution in [2.24, 2.45) is 0 Å². The van der Waals surface area contributed by atoms with Crippen LogP contribution in [0.3, 0.4) is 0 Å². The second kappa shape index (κ2) is 15.5. The van der Waals surface area contributed by atoms with Gasteiger partial charge in [-0.25, -0.2) is 14.4 Å². The number of aromatic nitrogens is 1. The molecule has 10 nitrogen and oxygen atoms in total. The van der Waals surface area contributed by atoms with Gasteiger partial charge < -0.3 is 24.7 Å². The van der Waals surface area contributed by atoms with Crippen LogP contribution in [-0.4, -0.2) is 58.6 Å². The molecule has 1 aliphatic rings. The molecule has 1 aromatic heterocycles. The maximum Gasteiger partial charge on any atom is 0.340 e. The highest BCUT2D eigenvalue weighted by molar-refractivity contribution is 9.10. The van der Waals surface area contributed by atoms with Gasteiger partial charge in [0.2, 0.25) is 5.91 Å². The molecule has 0 radical (unpaired) electrons. The topological polar surface area (TPSA) is 119 Å². The van der Waals surface area contributed by atoms with Gasteiger partial charge >= 0.3 is 18.0 Å². The Kier molecular flexibility index (Phi) is 11.7. The van der Waals surface area contributed by atoms with Crippen molar-refractivity contribution in [2.45, 2.75) is 72.6 Å². The van der Waals surface area contributed by atoms with E-state index in [9.17, 15) is 19.2 Å². The van der Waals surface area contributed by atoms with Crippen molar-refractivity contribution in [1.82, 2.24) is 20.1 Å². The number of hydrogen-bond donors (Lipinski definition) is 2. The molecule has 47 heavy (non-hydrogen) atoms. The summed E-state index contributed by atoms with van der Waals surface area (Å²) in [6.07, 6.45) is 0.567. The molecular formula is C36H43BrN4O6. The van der Waals surface area contributed by atoms with Crippen LogP contribution in [0.2, 0.25) is 0 Å². The molecule has 3 aromatic rings. The van der Waals surface area contributed by atoms with Crippen LogP contribution in [0.1, 0.15) is 75.1 Å². The van der Waals surface area contributed by atoms with Gasteiger partial charge in [0.15, 0.2) is 0 Å². The summed E-state index contributed by atoms with van der Waals surface area (Å²) in [4.78, 5) is 53.5. The summed E-state index contributed by atoms with van der Waals surface area (Å²) in [5, 5.41) is 5.90. The number of rotatable bonds is 12. The molecule has 0 saturated heterocycles. The van der Waals surface area contributed by atoms with Gasteiger partial charge in [0.05, 0.1) is 23.8 Å². The number of urea groups is 1. The molecule has 0 spiro atoms.